The minimum Gasteiger partial charge on any atom is -0.476 e. The Labute approximate surface area is 126 Å². The van der Waals surface area contributed by atoms with Gasteiger partial charge in [-0.05, 0) is 16.5 Å². The van der Waals surface area contributed by atoms with Gasteiger partial charge in [-0.2, -0.15) is 0 Å². The summed E-state index contributed by atoms with van der Waals surface area (Å²) in [5.41, 5.74) is 3.50. The predicted octanol–water partition coefficient (Wildman–Crippen LogP) is 4.06. The van der Waals surface area contributed by atoms with Crippen molar-refractivity contribution in [2.24, 2.45) is 0 Å². The standard InChI is InChI=1S/C16H16N2O2S/c1-16(2,3)11-6-4-10(5-7-11)13-9-21-15-17-12(14(19)20)8-18(13)15/h4-9H,1-3H3,(H,19,20). The second kappa shape index (κ2) is 4.70. The van der Waals surface area contributed by atoms with E-state index >= 15 is 0 Å². The smallest absolute Gasteiger partial charge is 0.356 e. The van der Waals surface area contributed by atoms with Crippen LogP contribution in [0.1, 0.15) is 36.8 Å². The number of thiazole rings is 1. The monoisotopic (exact) mass is 300 g/mol. The van der Waals surface area contributed by atoms with E-state index in [-0.39, 0.29) is 11.1 Å². The average Bonchev–Trinajstić information content (AvgIpc) is 2.97. The minimum atomic E-state index is -1.00. The molecule has 0 unspecified atom stereocenters. The third kappa shape index (κ3) is 2.45. The summed E-state index contributed by atoms with van der Waals surface area (Å²) in [5.74, 6) is -1.00. The number of carboxylic acids is 1. The molecule has 108 valence electrons. The molecule has 0 aliphatic heterocycles. The maximum absolute atomic E-state index is 11.0. The molecule has 0 aliphatic carbocycles. The average molecular weight is 300 g/mol. The lowest BCUT2D eigenvalue weighted by Crippen LogP contribution is -2.10. The van der Waals surface area contributed by atoms with Gasteiger partial charge in [-0.25, -0.2) is 9.78 Å². The van der Waals surface area contributed by atoms with Gasteiger partial charge >= 0.3 is 5.97 Å². The summed E-state index contributed by atoms with van der Waals surface area (Å²) in [6, 6.07) is 8.38. The van der Waals surface area contributed by atoms with Crippen molar-refractivity contribution < 1.29 is 9.90 Å². The van der Waals surface area contributed by atoms with Crippen molar-refractivity contribution in [2.45, 2.75) is 26.2 Å². The van der Waals surface area contributed by atoms with Crippen LogP contribution >= 0.6 is 11.3 Å². The SMILES string of the molecule is CC(C)(C)c1ccc(-c2csc3nc(C(=O)O)cn23)cc1. The second-order valence-electron chi connectivity index (χ2n) is 6.03. The highest BCUT2D eigenvalue weighted by Gasteiger charge is 2.16. The van der Waals surface area contributed by atoms with Crippen molar-refractivity contribution in [3.8, 4) is 11.3 Å². The molecule has 0 saturated carbocycles. The highest BCUT2D eigenvalue weighted by Crippen LogP contribution is 2.29. The Kier molecular flexibility index (Phi) is 3.10. The van der Waals surface area contributed by atoms with Gasteiger partial charge in [-0.3, -0.25) is 4.40 Å². The molecule has 21 heavy (non-hydrogen) atoms. The molecule has 3 aromatic rings. The first kappa shape index (κ1) is 13.8. The van der Waals surface area contributed by atoms with Crippen molar-refractivity contribution in [3.63, 3.8) is 0 Å². The van der Waals surface area contributed by atoms with Gasteiger partial charge in [0.25, 0.3) is 0 Å². The van der Waals surface area contributed by atoms with Crippen molar-refractivity contribution in [2.75, 3.05) is 0 Å². The van der Waals surface area contributed by atoms with Crippen LogP contribution in [0.4, 0.5) is 0 Å². The zero-order chi connectivity index (χ0) is 15.2. The first-order chi connectivity index (χ1) is 9.86. The quantitative estimate of drug-likeness (QED) is 0.776. The first-order valence-corrected chi connectivity index (χ1v) is 7.55. The Morgan fingerprint density at radius 3 is 2.48 bits per heavy atom. The van der Waals surface area contributed by atoms with E-state index in [0.717, 1.165) is 11.3 Å². The summed E-state index contributed by atoms with van der Waals surface area (Å²) in [4.78, 5) is 15.8. The molecular formula is C16H16N2O2S. The van der Waals surface area contributed by atoms with Crippen LogP contribution in [0.15, 0.2) is 35.8 Å². The van der Waals surface area contributed by atoms with Crippen LogP contribution in [-0.2, 0) is 5.41 Å². The Hall–Kier alpha value is -2.14. The van der Waals surface area contributed by atoms with Gasteiger partial charge in [0.1, 0.15) is 0 Å². The largest absolute Gasteiger partial charge is 0.476 e. The van der Waals surface area contributed by atoms with E-state index in [4.69, 9.17) is 5.11 Å². The molecule has 0 amide bonds. The van der Waals surface area contributed by atoms with E-state index in [0.29, 0.717) is 4.96 Å². The lowest BCUT2D eigenvalue weighted by Gasteiger charge is -2.19. The molecule has 0 spiro atoms. The van der Waals surface area contributed by atoms with Gasteiger partial charge in [0.2, 0.25) is 0 Å². The van der Waals surface area contributed by atoms with Gasteiger partial charge in [0.05, 0.1) is 5.69 Å². The van der Waals surface area contributed by atoms with Crippen LogP contribution in [0, 0.1) is 0 Å². The summed E-state index contributed by atoms with van der Waals surface area (Å²) >= 11 is 1.45. The van der Waals surface area contributed by atoms with Crippen molar-refractivity contribution in [3.05, 3.63) is 47.1 Å². The maximum atomic E-state index is 11.0. The molecule has 0 bridgehead atoms. The lowest BCUT2D eigenvalue weighted by atomic mass is 9.86. The number of benzene rings is 1. The van der Waals surface area contributed by atoms with Gasteiger partial charge in [-0.15, -0.1) is 11.3 Å². The first-order valence-electron chi connectivity index (χ1n) is 6.67. The van der Waals surface area contributed by atoms with E-state index < -0.39 is 5.97 Å². The summed E-state index contributed by atoms with van der Waals surface area (Å²) in [6.45, 7) is 6.54. The van der Waals surface area contributed by atoms with Crippen LogP contribution in [-0.4, -0.2) is 20.5 Å². The fourth-order valence-electron chi connectivity index (χ4n) is 2.24. The summed E-state index contributed by atoms with van der Waals surface area (Å²) in [7, 11) is 0. The van der Waals surface area contributed by atoms with Crippen LogP contribution in [0.2, 0.25) is 0 Å². The molecule has 1 N–H and O–H groups in total. The highest BCUT2D eigenvalue weighted by molar-refractivity contribution is 7.15. The van der Waals surface area contributed by atoms with Gasteiger partial charge in [-0.1, -0.05) is 45.0 Å². The van der Waals surface area contributed by atoms with Crippen LogP contribution in [0.25, 0.3) is 16.2 Å². The van der Waals surface area contributed by atoms with E-state index in [1.165, 1.54) is 16.9 Å². The molecular weight excluding hydrogens is 284 g/mol. The van der Waals surface area contributed by atoms with E-state index in [9.17, 15) is 4.79 Å². The normalized spacial score (nSPS) is 12.0. The highest BCUT2D eigenvalue weighted by atomic mass is 32.1. The van der Waals surface area contributed by atoms with Crippen LogP contribution in [0.3, 0.4) is 0 Å². The van der Waals surface area contributed by atoms with Crippen LogP contribution < -0.4 is 0 Å². The van der Waals surface area contributed by atoms with Crippen LogP contribution in [0.5, 0.6) is 0 Å². The third-order valence-corrected chi connectivity index (χ3v) is 4.31. The third-order valence-electron chi connectivity index (χ3n) is 3.47. The Morgan fingerprint density at radius 1 is 1.24 bits per heavy atom. The maximum Gasteiger partial charge on any atom is 0.356 e. The zero-order valence-corrected chi connectivity index (χ0v) is 12.9. The van der Waals surface area contributed by atoms with Crippen molar-refractivity contribution in [1.29, 1.82) is 0 Å². The van der Waals surface area contributed by atoms with Gasteiger partial charge in [0.15, 0.2) is 10.7 Å². The molecule has 0 radical (unpaired) electrons. The van der Waals surface area contributed by atoms with E-state index in [2.05, 4.69) is 50.0 Å². The second-order valence-corrected chi connectivity index (χ2v) is 6.87. The molecule has 5 heteroatoms. The molecule has 2 aromatic heterocycles. The lowest BCUT2D eigenvalue weighted by molar-refractivity contribution is 0.0691. The molecule has 4 nitrogen and oxygen atoms in total. The fraction of sp³-hybridized carbons (Fsp3) is 0.250. The molecule has 3 rings (SSSR count). The van der Waals surface area contributed by atoms with Gasteiger partial charge in [0, 0.05) is 11.6 Å². The van der Waals surface area contributed by atoms with Crippen molar-refractivity contribution in [1.82, 2.24) is 9.38 Å². The number of hydrogen-bond donors (Lipinski definition) is 1. The van der Waals surface area contributed by atoms with Crippen molar-refractivity contribution >= 4 is 22.3 Å². The predicted molar refractivity (Wildman–Crippen MR) is 84.2 cm³/mol. The molecule has 0 saturated heterocycles. The minimum absolute atomic E-state index is 0.0782. The number of carboxylic acid groups (broad SMARTS) is 1. The Balaban J connectivity index is 2.06. The van der Waals surface area contributed by atoms with E-state index in [1.807, 2.05) is 9.78 Å². The molecule has 2 heterocycles. The number of nitrogens with zero attached hydrogens (tertiary/aromatic N) is 2. The molecule has 1 aromatic carbocycles. The number of hydrogen-bond acceptors (Lipinski definition) is 3. The number of aromatic nitrogens is 2. The molecule has 0 fully saturated rings. The number of imidazole rings is 1. The zero-order valence-electron chi connectivity index (χ0n) is 12.1. The topological polar surface area (TPSA) is 54.6 Å². The number of rotatable bonds is 2. The Bertz CT molecular complexity index is 807. The van der Waals surface area contributed by atoms with Gasteiger partial charge < -0.3 is 5.11 Å². The Morgan fingerprint density at radius 2 is 1.90 bits per heavy atom. The molecule has 0 aliphatic rings. The summed E-state index contributed by atoms with van der Waals surface area (Å²) in [5, 5.41) is 11.0. The molecule has 0 atom stereocenters. The fourth-order valence-corrected chi connectivity index (χ4v) is 3.12. The number of aromatic carboxylic acids is 1. The summed E-state index contributed by atoms with van der Waals surface area (Å²) in [6.07, 6.45) is 1.57. The van der Waals surface area contributed by atoms with E-state index in [1.54, 1.807) is 6.20 Å². The number of carbonyl (C=O) groups is 1. The number of fused-ring (bicyclic) bond motifs is 1. The summed E-state index contributed by atoms with van der Waals surface area (Å²) < 4.78 is 1.83.